The molecule has 0 aliphatic heterocycles. The fourth-order valence-electron chi connectivity index (χ4n) is 2.84. The van der Waals surface area contributed by atoms with Gasteiger partial charge in [0.05, 0.1) is 5.52 Å². The van der Waals surface area contributed by atoms with Crippen LogP contribution in [0, 0.1) is 0 Å². The Morgan fingerprint density at radius 2 is 1.96 bits per heavy atom. The van der Waals surface area contributed by atoms with Crippen molar-refractivity contribution in [2.24, 2.45) is 0 Å². The average molecular weight is 375 g/mol. The minimum Gasteiger partial charge on any atom is -0.461 e. The third kappa shape index (κ3) is 3.83. The van der Waals surface area contributed by atoms with E-state index < -0.39 is 6.36 Å². The molecule has 4 rings (SSSR count). The number of alkyl halides is 1. The van der Waals surface area contributed by atoms with Gasteiger partial charge in [-0.2, -0.15) is 0 Å². The van der Waals surface area contributed by atoms with Crippen molar-refractivity contribution in [2.75, 3.05) is 11.1 Å². The van der Waals surface area contributed by atoms with Crippen LogP contribution in [0.2, 0.25) is 0 Å². The molecular weight excluding hydrogens is 357 g/mol. The molecule has 1 unspecified atom stereocenters. The van der Waals surface area contributed by atoms with Gasteiger partial charge in [-0.05, 0) is 42.5 Å². The largest absolute Gasteiger partial charge is 0.461 e. The number of hydrogen-bond acceptors (Lipinski definition) is 6. The highest BCUT2D eigenvalue weighted by molar-refractivity contribution is 5.94. The summed E-state index contributed by atoms with van der Waals surface area (Å²) < 4.78 is 18.3. The topological polar surface area (TPSA) is 86.0 Å². The number of hydrogen-bond donors (Lipinski definition) is 2. The van der Waals surface area contributed by atoms with Crippen molar-refractivity contribution < 1.29 is 9.13 Å². The van der Waals surface area contributed by atoms with Crippen LogP contribution in [0.4, 0.5) is 21.6 Å². The Labute approximate surface area is 161 Å². The van der Waals surface area contributed by atoms with Crippen molar-refractivity contribution >= 4 is 28.1 Å². The van der Waals surface area contributed by atoms with E-state index >= 15 is 0 Å². The zero-order valence-corrected chi connectivity index (χ0v) is 15.1. The first kappa shape index (κ1) is 17.7. The summed E-state index contributed by atoms with van der Waals surface area (Å²) in [4.78, 5) is 13.4. The van der Waals surface area contributed by atoms with Crippen molar-refractivity contribution in [1.82, 2.24) is 15.0 Å². The molecular formula is C21H18FN5O. The van der Waals surface area contributed by atoms with Crippen molar-refractivity contribution in [3.63, 3.8) is 0 Å². The fourth-order valence-corrected chi connectivity index (χ4v) is 2.84. The van der Waals surface area contributed by atoms with Gasteiger partial charge < -0.3 is 15.8 Å². The van der Waals surface area contributed by atoms with Crippen LogP contribution >= 0.6 is 0 Å². The normalized spacial score (nSPS) is 11.9. The number of halogens is 1. The van der Waals surface area contributed by atoms with Gasteiger partial charge in [-0.15, -0.1) is 0 Å². The Bertz CT molecular complexity index is 1120. The first-order valence-electron chi connectivity index (χ1n) is 8.74. The van der Waals surface area contributed by atoms with E-state index in [4.69, 9.17) is 10.5 Å². The minimum atomic E-state index is -1.40. The fraction of sp³-hybridized carbons (Fsp3) is 0.0952. The molecule has 6 nitrogen and oxygen atoms in total. The molecule has 3 N–H and O–H groups in total. The van der Waals surface area contributed by atoms with Gasteiger partial charge in [0.1, 0.15) is 11.6 Å². The number of fused-ring (bicyclic) bond motifs is 1. The second-order valence-corrected chi connectivity index (χ2v) is 6.23. The van der Waals surface area contributed by atoms with Crippen molar-refractivity contribution in [3.05, 3.63) is 67.0 Å². The Morgan fingerprint density at radius 1 is 1.07 bits per heavy atom. The predicted octanol–water partition coefficient (Wildman–Crippen LogP) is 4.71. The van der Waals surface area contributed by atoms with Crippen LogP contribution < -0.4 is 15.8 Å². The Balaban J connectivity index is 1.80. The third-order valence-corrected chi connectivity index (χ3v) is 4.03. The van der Waals surface area contributed by atoms with E-state index in [9.17, 15) is 4.39 Å². The summed E-state index contributed by atoms with van der Waals surface area (Å²) >= 11 is 0. The van der Waals surface area contributed by atoms with Gasteiger partial charge >= 0.3 is 0 Å². The quantitative estimate of drug-likeness (QED) is 0.491. The van der Waals surface area contributed by atoms with E-state index in [-0.39, 0.29) is 0 Å². The lowest BCUT2D eigenvalue weighted by Gasteiger charge is -2.13. The number of rotatable bonds is 5. The van der Waals surface area contributed by atoms with Crippen LogP contribution in [0.3, 0.4) is 0 Å². The molecule has 0 radical (unpaired) electrons. The summed E-state index contributed by atoms with van der Waals surface area (Å²) in [5.74, 6) is 1.55. The number of anilines is 3. The molecule has 28 heavy (non-hydrogen) atoms. The number of nitrogens with two attached hydrogens (primary N) is 1. The predicted molar refractivity (Wildman–Crippen MR) is 108 cm³/mol. The van der Waals surface area contributed by atoms with Crippen molar-refractivity contribution in [2.45, 2.75) is 13.3 Å². The average Bonchev–Trinajstić information content (AvgIpc) is 2.69. The van der Waals surface area contributed by atoms with Crippen LogP contribution in [-0.2, 0) is 0 Å². The molecule has 140 valence electrons. The van der Waals surface area contributed by atoms with Crippen LogP contribution in [0.5, 0.6) is 5.75 Å². The molecule has 0 saturated carbocycles. The number of nitrogen functional groups attached to an aromatic ring is 1. The van der Waals surface area contributed by atoms with E-state index in [0.29, 0.717) is 28.8 Å². The van der Waals surface area contributed by atoms with Gasteiger partial charge in [0.2, 0.25) is 6.36 Å². The first-order chi connectivity index (χ1) is 13.6. The van der Waals surface area contributed by atoms with E-state index in [1.54, 1.807) is 36.7 Å². The lowest BCUT2D eigenvalue weighted by Crippen LogP contribution is -2.04. The molecule has 0 bridgehead atoms. The molecule has 0 aliphatic rings. The minimum absolute atomic E-state index is 0.422. The smallest absolute Gasteiger partial charge is 0.235 e. The molecule has 2 aromatic heterocycles. The lowest BCUT2D eigenvalue weighted by molar-refractivity contribution is 0.0861. The standard InChI is InChI=1S/C21H18FN5O/c1-13(22)28-17-6-2-5-16(11-17)25-21-18-10-15(23)7-8-19(18)26-20(27-21)14-4-3-9-24-12-14/h2-13H,23H2,1H3,(H,25,26,27). The number of pyridine rings is 1. The van der Waals surface area contributed by atoms with Gasteiger partial charge in [-0.25, -0.2) is 14.4 Å². The maximum atomic E-state index is 13.2. The van der Waals surface area contributed by atoms with E-state index in [0.717, 1.165) is 16.5 Å². The highest BCUT2D eigenvalue weighted by Crippen LogP contribution is 2.29. The molecule has 7 heteroatoms. The zero-order valence-electron chi connectivity index (χ0n) is 15.1. The summed E-state index contributed by atoms with van der Waals surface area (Å²) in [5.41, 5.74) is 8.82. The molecule has 0 fully saturated rings. The third-order valence-electron chi connectivity index (χ3n) is 4.03. The maximum absolute atomic E-state index is 13.2. The molecule has 0 saturated heterocycles. The monoisotopic (exact) mass is 375 g/mol. The summed E-state index contributed by atoms with van der Waals surface area (Å²) in [5, 5.41) is 4.04. The van der Waals surface area contributed by atoms with E-state index in [1.807, 2.05) is 30.3 Å². The zero-order chi connectivity index (χ0) is 19.5. The van der Waals surface area contributed by atoms with Gasteiger partial charge in [-0.1, -0.05) is 6.07 Å². The second-order valence-electron chi connectivity index (χ2n) is 6.23. The van der Waals surface area contributed by atoms with E-state index in [2.05, 4.69) is 20.3 Å². The van der Waals surface area contributed by atoms with Crippen LogP contribution in [0.15, 0.2) is 67.0 Å². The Morgan fingerprint density at radius 3 is 2.75 bits per heavy atom. The van der Waals surface area contributed by atoms with Crippen LogP contribution in [0.1, 0.15) is 6.92 Å². The first-order valence-corrected chi connectivity index (χ1v) is 8.74. The summed E-state index contributed by atoms with van der Waals surface area (Å²) in [6.07, 6.45) is 2.01. The second kappa shape index (κ2) is 7.48. The Kier molecular flexibility index (Phi) is 4.72. The van der Waals surface area contributed by atoms with Crippen LogP contribution in [-0.4, -0.2) is 21.3 Å². The number of nitrogens with zero attached hydrogens (tertiary/aromatic N) is 3. The van der Waals surface area contributed by atoms with Gasteiger partial charge in [0, 0.05) is 47.7 Å². The van der Waals surface area contributed by atoms with Gasteiger partial charge in [-0.3, -0.25) is 4.98 Å². The highest BCUT2D eigenvalue weighted by atomic mass is 19.1. The SMILES string of the molecule is CC(F)Oc1cccc(Nc2nc(-c3cccnc3)nc3ccc(N)cc23)c1. The molecule has 2 aromatic carbocycles. The maximum Gasteiger partial charge on any atom is 0.235 e. The number of nitrogens with one attached hydrogen (secondary N) is 1. The summed E-state index contributed by atoms with van der Waals surface area (Å²) in [7, 11) is 0. The van der Waals surface area contributed by atoms with Crippen molar-refractivity contribution in [3.8, 4) is 17.1 Å². The highest BCUT2D eigenvalue weighted by Gasteiger charge is 2.11. The number of ether oxygens (including phenoxy) is 1. The van der Waals surface area contributed by atoms with Crippen LogP contribution in [0.25, 0.3) is 22.3 Å². The van der Waals surface area contributed by atoms with Crippen molar-refractivity contribution in [1.29, 1.82) is 0 Å². The lowest BCUT2D eigenvalue weighted by atomic mass is 10.2. The summed E-state index contributed by atoms with van der Waals surface area (Å²) in [6, 6.07) is 16.2. The number of benzene rings is 2. The molecule has 4 aromatic rings. The molecule has 0 amide bonds. The Hall–Kier alpha value is -3.74. The molecule has 2 heterocycles. The van der Waals surface area contributed by atoms with Gasteiger partial charge in [0.25, 0.3) is 0 Å². The van der Waals surface area contributed by atoms with Gasteiger partial charge in [0.15, 0.2) is 5.82 Å². The summed E-state index contributed by atoms with van der Waals surface area (Å²) in [6.45, 7) is 1.33. The molecule has 0 spiro atoms. The number of aromatic nitrogens is 3. The molecule has 0 aliphatic carbocycles. The molecule has 1 atom stereocenters. The van der Waals surface area contributed by atoms with E-state index in [1.165, 1.54) is 6.92 Å².